The summed E-state index contributed by atoms with van der Waals surface area (Å²) in [7, 11) is -2.50. The fraction of sp³-hybridized carbons (Fsp3) is 0.133. The lowest BCUT2D eigenvalue weighted by molar-refractivity contribution is -0.114. The first kappa shape index (κ1) is 16.8. The lowest BCUT2D eigenvalue weighted by Crippen LogP contribution is -2.14. The summed E-state index contributed by atoms with van der Waals surface area (Å²) < 4.78 is 45.0. The molecule has 122 valence electrons. The molecule has 0 heterocycles. The van der Waals surface area contributed by atoms with Crippen LogP contribution < -0.4 is 14.8 Å². The number of rotatable bonds is 5. The molecule has 0 atom stereocenters. The summed E-state index contributed by atoms with van der Waals surface area (Å²) in [4.78, 5) is 11.1. The zero-order valence-corrected chi connectivity index (χ0v) is 13.3. The Morgan fingerprint density at radius 3 is 2.35 bits per heavy atom. The van der Waals surface area contributed by atoms with E-state index >= 15 is 0 Å². The lowest BCUT2D eigenvalue weighted by Gasteiger charge is -2.12. The molecule has 0 unspecified atom stereocenters. The molecule has 6 nitrogen and oxygen atoms in total. The van der Waals surface area contributed by atoms with Crippen molar-refractivity contribution in [1.29, 1.82) is 0 Å². The number of methoxy groups -OCH3 is 1. The van der Waals surface area contributed by atoms with Crippen LogP contribution in [0.15, 0.2) is 47.4 Å². The number of amides is 1. The Morgan fingerprint density at radius 2 is 1.78 bits per heavy atom. The Kier molecular flexibility index (Phi) is 4.85. The highest BCUT2D eigenvalue weighted by Gasteiger charge is 2.17. The average molecular weight is 338 g/mol. The van der Waals surface area contributed by atoms with Gasteiger partial charge in [-0.15, -0.1) is 0 Å². The van der Waals surface area contributed by atoms with E-state index in [2.05, 4.69) is 10.0 Å². The van der Waals surface area contributed by atoms with Gasteiger partial charge in [0.1, 0.15) is 11.6 Å². The number of carbonyl (C=O) groups is 1. The number of sulfonamides is 1. The molecule has 0 aliphatic rings. The third kappa shape index (κ3) is 4.19. The normalized spacial score (nSPS) is 10.9. The van der Waals surface area contributed by atoms with Crippen molar-refractivity contribution in [2.24, 2.45) is 0 Å². The van der Waals surface area contributed by atoms with Gasteiger partial charge in [-0.1, -0.05) is 0 Å². The van der Waals surface area contributed by atoms with E-state index in [-0.39, 0.29) is 22.2 Å². The van der Waals surface area contributed by atoms with Gasteiger partial charge in [0, 0.05) is 18.7 Å². The summed E-state index contributed by atoms with van der Waals surface area (Å²) in [5.74, 6) is -0.556. The molecule has 0 aliphatic heterocycles. The van der Waals surface area contributed by atoms with Crippen LogP contribution in [0.1, 0.15) is 6.92 Å². The molecule has 0 saturated carbocycles. The first-order valence-electron chi connectivity index (χ1n) is 6.56. The molecule has 0 bridgehead atoms. The van der Waals surface area contributed by atoms with Gasteiger partial charge in [0.15, 0.2) is 0 Å². The highest BCUT2D eigenvalue weighted by molar-refractivity contribution is 7.92. The van der Waals surface area contributed by atoms with Crippen LogP contribution >= 0.6 is 0 Å². The molecule has 0 fully saturated rings. The van der Waals surface area contributed by atoms with Crippen molar-refractivity contribution in [3.63, 3.8) is 0 Å². The summed E-state index contributed by atoms with van der Waals surface area (Å²) in [6, 6.07) is 8.98. The van der Waals surface area contributed by atoms with Crippen LogP contribution in [0.5, 0.6) is 5.75 Å². The van der Waals surface area contributed by atoms with Crippen molar-refractivity contribution >= 4 is 27.3 Å². The van der Waals surface area contributed by atoms with E-state index in [9.17, 15) is 17.6 Å². The second kappa shape index (κ2) is 6.66. The molecule has 0 aliphatic carbocycles. The Bertz CT molecular complexity index is 820. The number of anilines is 2. The molecule has 23 heavy (non-hydrogen) atoms. The van der Waals surface area contributed by atoms with Crippen LogP contribution in [-0.4, -0.2) is 21.4 Å². The molecule has 0 aromatic heterocycles. The Balaban J connectivity index is 2.32. The largest absolute Gasteiger partial charge is 0.495 e. The number of nitrogens with one attached hydrogen (secondary N) is 2. The number of ether oxygens (including phenoxy) is 1. The number of halogens is 1. The fourth-order valence-corrected chi connectivity index (χ4v) is 2.94. The number of hydrogen-bond donors (Lipinski definition) is 2. The van der Waals surface area contributed by atoms with Gasteiger partial charge in [0.25, 0.3) is 10.0 Å². The molecule has 8 heteroatoms. The lowest BCUT2D eigenvalue weighted by atomic mass is 10.3. The maximum atomic E-state index is 12.9. The van der Waals surface area contributed by atoms with Crippen molar-refractivity contribution in [3.8, 4) is 5.75 Å². The Hall–Kier alpha value is -2.61. The van der Waals surface area contributed by atoms with E-state index in [0.29, 0.717) is 5.69 Å². The van der Waals surface area contributed by atoms with E-state index in [1.165, 1.54) is 44.4 Å². The molecule has 0 spiro atoms. The minimum absolute atomic E-state index is 0.0484. The molecule has 2 N–H and O–H groups in total. The van der Waals surface area contributed by atoms with Crippen LogP contribution in [0.25, 0.3) is 0 Å². The van der Waals surface area contributed by atoms with Crippen LogP contribution in [0.3, 0.4) is 0 Å². The van der Waals surface area contributed by atoms with Gasteiger partial charge in [0.2, 0.25) is 5.91 Å². The van der Waals surface area contributed by atoms with Crippen molar-refractivity contribution in [1.82, 2.24) is 0 Å². The fourth-order valence-electron chi connectivity index (χ4n) is 1.86. The van der Waals surface area contributed by atoms with E-state index in [1.807, 2.05) is 0 Å². The van der Waals surface area contributed by atoms with Gasteiger partial charge in [-0.2, -0.15) is 0 Å². The second-order valence-corrected chi connectivity index (χ2v) is 6.34. The molecule has 2 aromatic rings. The van der Waals surface area contributed by atoms with Gasteiger partial charge in [-0.3, -0.25) is 9.52 Å². The van der Waals surface area contributed by atoms with E-state index in [1.54, 1.807) is 0 Å². The zero-order chi connectivity index (χ0) is 17.0. The highest BCUT2D eigenvalue weighted by Crippen LogP contribution is 2.28. The van der Waals surface area contributed by atoms with Crippen molar-refractivity contribution in [3.05, 3.63) is 48.3 Å². The summed E-state index contributed by atoms with van der Waals surface area (Å²) in [6.45, 7) is 1.33. The highest BCUT2D eigenvalue weighted by atomic mass is 32.2. The van der Waals surface area contributed by atoms with E-state index in [0.717, 1.165) is 12.1 Å². The standard InChI is InChI=1S/C15H15FN2O4S/c1-10(19)17-14-8-7-13(9-15(14)22-2)23(20,21)18-12-5-3-11(16)4-6-12/h3-9,18H,1-2H3,(H,17,19). The van der Waals surface area contributed by atoms with Gasteiger partial charge in [0.05, 0.1) is 17.7 Å². The predicted octanol–water partition coefficient (Wildman–Crippen LogP) is 2.59. The van der Waals surface area contributed by atoms with Gasteiger partial charge < -0.3 is 10.1 Å². The van der Waals surface area contributed by atoms with E-state index in [4.69, 9.17) is 4.74 Å². The Morgan fingerprint density at radius 1 is 1.13 bits per heavy atom. The van der Waals surface area contributed by atoms with Crippen LogP contribution in [0, 0.1) is 5.82 Å². The summed E-state index contributed by atoms with van der Waals surface area (Å²) >= 11 is 0. The SMILES string of the molecule is COc1cc(S(=O)(=O)Nc2ccc(F)cc2)ccc1NC(C)=O. The molecular formula is C15H15FN2O4S. The van der Waals surface area contributed by atoms with E-state index < -0.39 is 15.8 Å². The molecule has 2 rings (SSSR count). The van der Waals surface area contributed by atoms with Crippen LogP contribution in [0.2, 0.25) is 0 Å². The predicted molar refractivity (Wildman–Crippen MR) is 84.5 cm³/mol. The summed E-state index contributed by atoms with van der Waals surface area (Å²) in [5, 5.41) is 2.54. The molecule has 2 aromatic carbocycles. The number of benzene rings is 2. The molecular weight excluding hydrogens is 323 g/mol. The molecule has 0 saturated heterocycles. The van der Waals surface area contributed by atoms with Crippen molar-refractivity contribution in [2.45, 2.75) is 11.8 Å². The smallest absolute Gasteiger partial charge is 0.262 e. The molecule has 0 radical (unpaired) electrons. The second-order valence-electron chi connectivity index (χ2n) is 4.66. The summed E-state index contributed by atoms with van der Waals surface area (Å²) in [5.41, 5.74) is 0.594. The topological polar surface area (TPSA) is 84.5 Å². The number of hydrogen-bond acceptors (Lipinski definition) is 4. The number of carbonyl (C=O) groups excluding carboxylic acids is 1. The zero-order valence-electron chi connectivity index (χ0n) is 12.5. The van der Waals surface area contributed by atoms with Gasteiger partial charge in [-0.05, 0) is 36.4 Å². The molecule has 1 amide bonds. The maximum Gasteiger partial charge on any atom is 0.262 e. The minimum atomic E-state index is -3.87. The minimum Gasteiger partial charge on any atom is -0.495 e. The third-order valence-corrected chi connectivity index (χ3v) is 4.27. The van der Waals surface area contributed by atoms with Crippen LogP contribution in [-0.2, 0) is 14.8 Å². The van der Waals surface area contributed by atoms with Crippen LogP contribution in [0.4, 0.5) is 15.8 Å². The van der Waals surface area contributed by atoms with Crippen molar-refractivity contribution in [2.75, 3.05) is 17.1 Å². The average Bonchev–Trinajstić information content (AvgIpc) is 2.49. The monoisotopic (exact) mass is 338 g/mol. The van der Waals surface area contributed by atoms with Gasteiger partial charge in [-0.25, -0.2) is 12.8 Å². The summed E-state index contributed by atoms with van der Waals surface area (Å²) in [6.07, 6.45) is 0. The quantitative estimate of drug-likeness (QED) is 0.877. The Labute approximate surface area is 133 Å². The third-order valence-electron chi connectivity index (χ3n) is 2.89. The van der Waals surface area contributed by atoms with Gasteiger partial charge >= 0.3 is 0 Å². The first-order chi connectivity index (χ1) is 10.8. The van der Waals surface area contributed by atoms with Crippen molar-refractivity contribution < 1.29 is 22.3 Å². The maximum absolute atomic E-state index is 12.9. The first-order valence-corrected chi connectivity index (χ1v) is 8.04.